The summed E-state index contributed by atoms with van der Waals surface area (Å²) in [6, 6.07) is 3.80. The summed E-state index contributed by atoms with van der Waals surface area (Å²) in [7, 11) is 2.91. The Labute approximate surface area is 230 Å². The van der Waals surface area contributed by atoms with Crippen LogP contribution in [0.25, 0.3) is 0 Å². The van der Waals surface area contributed by atoms with Gasteiger partial charge in [0.25, 0.3) is 11.8 Å². The van der Waals surface area contributed by atoms with Crippen molar-refractivity contribution in [3.8, 4) is 11.5 Å². The fourth-order valence-electron chi connectivity index (χ4n) is 3.34. The van der Waals surface area contributed by atoms with Gasteiger partial charge in [0.15, 0.2) is 5.13 Å². The van der Waals surface area contributed by atoms with E-state index in [1.54, 1.807) is 5.38 Å². The number of ether oxygens (including phenoxy) is 2. The number of methoxy groups -OCH3 is 2. The molecule has 2 aromatic rings. The van der Waals surface area contributed by atoms with Crippen LogP contribution in [0.2, 0.25) is 0 Å². The fraction of sp³-hybridized carbons (Fsp3) is 0.400. The van der Waals surface area contributed by atoms with Crippen molar-refractivity contribution in [3.63, 3.8) is 0 Å². The average molecular weight is 566 g/mol. The number of aliphatic carboxylic acids is 2. The molecule has 0 fully saturated rings. The predicted octanol–water partition coefficient (Wildman–Crippen LogP) is 2.56. The highest BCUT2D eigenvalue weighted by Gasteiger charge is 2.19. The van der Waals surface area contributed by atoms with Gasteiger partial charge < -0.3 is 30.7 Å². The van der Waals surface area contributed by atoms with Crippen LogP contribution in [-0.2, 0) is 9.59 Å². The third-order valence-electron chi connectivity index (χ3n) is 5.10. The molecule has 6 N–H and O–H groups in total. The van der Waals surface area contributed by atoms with Gasteiger partial charge in [0, 0.05) is 48.8 Å². The molecule has 0 atom stereocenters. The molecule has 0 saturated carbocycles. The zero-order valence-corrected chi connectivity index (χ0v) is 23.5. The number of nitrogens with two attached hydrogens (primary N) is 1. The second-order valence-electron chi connectivity index (χ2n) is 8.48. The van der Waals surface area contributed by atoms with E-state index in [9.17, 15) is 19.2 Å². The maximum atomic E-state index is 12.7. The normalized spacial score (nSPS) is 10.8. The number of nitrogens with one attached hydrogen (secondary N) is 2. The lowest BCUT2D eigenvalue weighted by Gasteiger charge is -2.30. The molecule has 0 radical (unpaired) electrons. The van der Waals surface area contributed by atoms with E-state index in [2.05, 4.69) is 48.2 Å². The SMILES string of the molecule is COc1cc(C(=O)Nc2nc(C(=O)NCCN(C(C)C)C(C)C)cs2)c(OC)cc1N.O=C(O)/C=C/C(=O)O. The molecule has 0 bridgehead atoms. The highest BCUT2D eigenvalue weighted by molar-refractivity contribution is 7.14. The van der Waals surface area contributed by atoms with Crippen molar-refractivity contribution in [1.29, 1.82) is 0 Å². The number of carboxylic acid groups (broad SMARTS) is 2. The second-order valence-corrected chi connectivity index (χ2v) is 9.34. The third-order valence-corrected chi connectivity index (χ3v) is 5.86. The van der Waals surface area contributed by atoms with E-state index in [-0.39, 0.29) is 17.2 Å². The lowest BCUT2D eigenvalue weighted by Crippen LogP contribution is -2.42. The number of anilines is 2. The minimum Gasteiger partial charge on any atom is -0.496 e. The van der Waals surface area contributed by atoms with Gasteiger partial charge in [0.2, 0.25) is 0 Å². The minimum atomic E-state index is -1.26. The van der Waals surface area contributed by atoms with Crippen LogP contribution in [-0.4, -0.2) is 83.2 Å². The zero-order chi connectivity index (χ0) is 29.7. The summed E-state index contributed by atoms with van der Waals surface area (Å²) < 4.78 is 10.4. The summed E-state index contributed by atoms with van der Waals surface area (Å²) in [6.45, 7) is 9.77. The molecule has 0 aliphatic heterocycles. The molecule has 0 aliphatic rings. The standard InChI is InChI=1S/C21H31N5O4S.C4H4O4/c1-12(2)26(13(3)4)8-7-23-20(28)16-11-31-21(24-16)25-19(27)14-9-18(30-6)15(22)10-17(14)29-5;5-3(6)1-2-4(7)8/h9-13H,7-8,22H2,1-6H3,(H,23,28)(H,24,25,27);1-2H,(H,5,6)(H,7,8)/b;2-1+. The number of nitrogen functional groups attached to an aromatic ring is 1. The molecule has 1 heterocycles. The Morgan fingerprint density at radius 2 is 1.56 bits per heavy atom. The molecule has 2 rings (SSSR count). The average Bonchev–Trinajstić information content (AvgIpc) is 3.33. The van der Waals surface area contributed by atoms with Crippen molar-refractivity contribution in [2.45, 2.75) is 39.8 Å². The van der Waals surface area contributed by atoms with Gasteiger partial charge in [-0.2, -0.15) is 0 Å². The van der Waals surface area contributed by atoms with E-state index < -0.39 is 17.8 Å². The van der Waals surface area contributed by atoms with E-state index in [0.717, 1.165) is 6.54 Å². The molecule has 39 heavy (non-hydrogen) atoms. The molecule has 0 saturated heterocycles. The number of amides is 2. The number of aromatic nitrogens is 1. The van der Waals surface area contributed by atoms with Crippen molar-refractivity contribution in [2.75, 3.05) is 38.4 Å². The van der Waals surface area contributed by atoms with Gasteiger partial charge in [-0.15, -0.1) is 11.3 Å². The van der Waals surface area contributed by atoms with E-state index in [1.807, 2.05) is 0 Å². The van der Waals surface area contributed by atoms with Crippen LogP contribution in [0.15, 0.2) is 29.7 Å². The Hall–Kier alpha value is -4.17. The largest absolute Gasteiger partial charge is 0.496 e. The van der Waals surface area contributed by atoms with Crippen LogP contribution >= 0.6 is 11.3 Å². The minimum absolute atomic E-state index is 0.247. The molecule has 0 aliphatic carbocycles. The van der Waals surface area contributed by atoms with Crippen LogP contribution < -0.4 is 25.8 Å². The van der Waals surface area contributed by atoms with Crippen LogP contribution in [0.3, 0.4) is 0 Å². The first-order chi connectivity index (χ1) is 18.3. The Morgan fingerprint density at radius 3 is 2.05 bits per heavy atom. The number of carbonyl (C=O) groups excluding carboxylic acids is 2. The number of rotatable bonds is 12. The smallest absolute Gasteiger partial charge is 0.328 e. The van der Waals surface area contributed by atoms with E-state index in [1.165, 1.54) is 37.7 Å². The van der Waals surface area contributed by atoms with Crippen molar-refractivity contribution >= 4 is 45.9 Å². The fourth-order valence-corrected chi connectivity index (χ4v) is 4.03. The van der Waals surface area contributed by atoms with Gasteiger partial charge >= 0.3 is 11.9 Å². The molecule has 2 amide bonds. The molecule has 1 aromatic heterocycles. The van der Waals surface area contributed by atoms with Crippen LogP contribution in [0, 0.1) is 0 Å². The first kappa shape index (κ1) is 32.9. The van der Waals surface area contributed by atoms with Crippen LogP contribution in [0.5, 0.6) is 11.5 Å². The highest BCUT2D eigenvalue weighted by Crippen LogP contribution is 2.31. The summed E-state index contributed by atoms with van der Waals surface area (Å²) in [6.07, 6.45) is 1.12. The first-order valence-corrected chi connectivity index (χ1v) is 12.6. The van der Waals surface area contributed by atoms with Crippen molar-refractivity contribution in [2.24, 2.45) is 0 Å². The van der Waals surface area contributed by atoms with Gasteiger partial charge in [-0.3, -0.25) is 19.8 Å². The van der Waals surface area contributed by atoms with E-state index in [4.69, 9.17) is 25.4 Å². The number of nitrogens with zero attached hydrogens (tertiary/aromatic N) is 2. The lowest BCUT2D eigenvalue weighted by atomic mass is 10.1. The summed E-state index contributed by atoms with van der Waals surface area (Å²) in [4.78, 5) is 50.7. The van der Waals surface area contributed by atoms with Gasteiger partial charge in [-0.05, 0) is 33.8 Å². The van der Waals surface area contributed by atoms with E-state index >= 15 is 0 Å². The Morgan fingerprint density at radius 1 is 1.00 bits per heavy atom. The first-order valence-electron chi connectivity index (χ1n) is 11.8. The second kappa shape index (κ2) is 15.9. The number of thiazole rings is 1. The third kappa shape index (κ3) is 11.0. The van der Waals surface area contributed by atoms with E-state index in [0.29, 0.717) is 53.1 Å². The number of carbonyl (C=O) groups is 4. The molecular weight excluding hydrogens is 530 g/mol. The van der Waals surface area contributed by atoms with Crippen molar-refractivity contribution < 1.29 is 38.9 Å². The maximum absolute atomic E-state index is 12.7. The summed E-state index contributed by atoms with van der Waals surface area (Å²) in [5.41, 5.74) is 6.72. The molecule has 214 valence electrons. The van der Waals surface area contributed by atoms with Crippen LogP contribution in [0.4, 0.5) is 10.8 Å². The van der Waals surface area contributed by atoms with Crippen molar-refractivity contribution in [1.82, 2.24) is 15.2 Å². The molecule has 0 spiro atoms. The maximum Gasteiger partial charge on any atom is 0.328 e. The highest BCUT2D eigenvalue weighted by atomic mass is 32.1. The molecule has 14 heteroatoms. The lowest BCUT2D eigenvalue weighted by molar-refractivity contribution is -0.134. The number of hydrogen-bond donors (Lipinski definition) is 5. The Balaban J connectivity index is 0.000000824. The van der Waals surface area contributed by atoms with Gasteiger partial charge in [-0.1, -0.05) is 0 Å². The van der Waals surface area contributed by atoms with Crippen LogP contribution in [0.1, 0.15) is 48.5 Å². The number of benzene rings is 1. The van der Waals surface area contributed by atoms with Gasteiger partial charge in [-0.25, -0.2) is 14.6 Å². The molecular formula is C25H35N5O8S. The van der Waals surface area contributed by atoms with Crippen molar-refractivity contribution in [3.05, 3.63) is 40.9 Å². The van der Waals surface area contributed by atoms with Gasteiger partial charge in [0.1, 0.15) is 17.2 Å². The molecule has 1 aromatic carbocycles. The van der Waals surface area contributed by atoms with Gasteiger partial charge in [0.05, 0.1) is 25.5 Å². The summed E-state index contributed by atoms with van der Waals surface area (Å²) in [5, 5.41) is 23.1. The predicted molar refractivity (Wildman–Crippen MR) is 148 cm³/mol. The number of carboxylic acids is 2. The summed E-state index contributed by atoms with van der Waals surface area (Å²) in [5.74, 6) is -2.57. The molecule has 13 nitrogen and oxygen atoms in total. The Kier molecular flexibility index (Phi) is 13.4. The number of hydrogen-bond acceptors (Lipinski definition) is 10. The molecule has 0 unspecified atom stereocenters. The monoisotopic (exact) mass is 565 g/mol. The topological polar surface area (TPSA) is 193 Å². The quantitative estimate of drug-likeness (QED) is 0.187. The Bertz CT molecular complexity index is 1160. The zero-order valence-electron chi connectivity index (χ0n) is 22.7. The summed E-state index contributed by atoms with van der Waals surface area (Å²) >= 11 is 1.17.